The first kappa shape index (κ1) is 13.6. The molecule has 0 aromatic carbocycles. The average molecular weight is 214 g/mol. The Balaban J connectivity index is 3.35. The molecule has 0 aliphatic heterocycles. The molecule has 0 rings (SSSR count). The van der Waals surface area contributed by atoms with Crippen LogP contribution in [0.1, 0.15) is 25.7 Å². The standard InChI is InChI=1S/C10H18N2O3/c11-7-3-1-2-4-8-12-9(13)5-6-10(14)15/h5-6H,1-4,7-8,11H2,(H,12,13)(H,14,15)/b6-5-. The maximum atomic E-state index is 11.0. The Morgan fingerprint density at radius 1 is 1.13 bits per heavy atom. The highest BCUT2D eigenvalue weighted by Crippen LogP contribution is 1.96. The minimum absolute atomic E-state index is 0.365. The zero-order valence-electron chi connectivity index (χ0n) is 8.74. The van der Waals surface area contributed by atoms with Crippen molar-refractivity contribution in [3.05, 3.63) is 12.2 Å². The highest BCUT2D eigenvalue weighted by molar-refractivity contribution is 5.93. The number of hydrogen-bond donors (Lipinski definition) is 3. The minimum atomic E-state index is -1.12. The Morgan fingerprint density at radius 2 is 1.80 bits per heavy atom. The summed E-state index contributed by atoms with van der Waals surface area (Å²) >= 11 is 0. The van der Waals surface area contributed by atoms with Gasteiger partial charge >= 0.3 is 5.97 Å². The summed E-state index contributed by atoms with van der Waals surface area (Å²) in [4.78, 5) is 21.0. The van der Waals surface area contributed by atoms with Crippen molar-refractivity contribution in [3.63, 3.8) is 0 Å². The SMILES string of the molecule is NCCCCCCNC(=O)/C=C\C(=O)O. The van der Waals surface area contributed by atoms with Crippen LogP contribution in [-0.4, -0.2) is 30.1 Å². The molecular formula is C10H18N2O3. The Morgan fingerprint density at radius 3 is 2.40 bits per heavy atom. The van der Waals surface area contributed by atoms with Crippen molar-refractivity contribution in [3.8, 4) is 0 Å². The number of nitrogens with two attached hydrogens (primary N) is 1. The number of hydrogen-bond acceptors (Lipinski definition) is 3. The van der Waals surface area contributed by atoms with Crippen LogP contribution in [0.2, 0.25) is 0 Å². The second-order valence-electron chi connectivity index (χ2n) is 3.17. The molecule has 0 aliphatic carbocycles. The zero-order chi connectivity index (χ0) is 11.5. The third kappa shape index (κ3) is 10.6. The molecule has 4 N–H and O–H groups in total. The first-order valence-corrected chi connectivity index (χ1v) is 5.05. The van der Waals surface area contributed by atoms with E-state index >= 15 is 0 Å². The van der Waals surface area contributed by atoms with Gasteiger partial charge in [-0.15, -0.1) is 0 Å². The third-order valence-electron chi connectivity index (χ3n) is 1.81. The summed E-state index contributed by atoms with van der Waals surface area (Å²) < 4.78 is 0. The first-order valence-electron chi connectivity index (χ1n) is 5.05. The summed E-state index contributed by atoms with van der Waals surface area (Å²) in [7, 11) is 0. The number of carboxylic acids is 1. The maximum absolute atomic E-state index is 11.0. The number of unbranched alkanes of at least 4 members (excludes halogenated alkanes) is 3. The molecule has 0 fully saturated rings. The lowest BCUT2D eigenvalue weighted by atomic mass is 10.2. The molecule has 15 heavy (non-hydrogen) atoms. The van der Waals surface area contributed by atoms with Gasteiger partial charge in [-0.25, -0.2) is 4.79 Å². The smallest absolute Gasteiger partial charge is 0.328 e. The van der Waals surface area contributed by atoms with E-state index in [2.05, 4.69) is 5.32 Å². The van der Waals surface area contributed by atoms with Gasteiger partial charge in [-0.05, 0) is 19.4 Å². The van der Waals surface area contributed by atoms with E-state index in [1.165, 1.54) is 0 Å². The zero-order valence-corrected chi connectivity index (χ0v) is 8.74. The van der Waals surface area contributed by atoms with Gasteiger partial charge in [-0.3, -0.25) is 4.79 Å². The van der Waals surface area contributed by atoms with E-state index in [-0.39, 0.29) is 5.91 Å². The summed E-state index contributed by atoms with van der Waals surface area (Å²) in [5, 5.41) is 10.8. The molecule has 0 heterocycles. The topological polar surface area (TPSA) is 92.4 Å². The van der Waals surface area contributed by atoms with Crippen LogP contribution in [-0.2, 0) is 9.59 Å². The van der Waals surface area contributed by atoms with Crippen LogP contribution < -0.4 is 11.1 Å². The molecule has 0 aromatic rings. The molecule has 5 nitrogen and oxygen atoms in total. The summed E-state index contributed by atoms with van der Waals surface area (Å²) in [6.07, 6.45) is 5.84. The Labute approximate surface area is 89.3 Å². The third-order valence-corrected chi connectivity index (χ3v) is 1.81. The molecule has 0 spiro atoms. The molecule has 0 unspecified atom stereocenters. The number of rotatable bonds is 8. The van der Waals surface area contributed by atoms with Gasteiger partial charge in [0.2, 0.25) is 5.91 Å². The normalized spacial score (nSPS) is 10.5. The van der Waals surface area contributed by atoms with E-state index in [0.717, 1.165) is 37.8 Å². The van der Waals surface area contributed by atoms with Crippen LogP contribution in [0, 0.1) is 0 Å². The van der Waals surface area contributed by atoms with Gasteiger partial charge in [-0.2, -0.15) is 0 Å². The lowest BCUT2D eigenvalue weighted by Crippen LogP contribution is -2.22. The van der Waals surface area contributed by atoms with Crippen LogP contribution in [0.5, 0.6) is 0 Å². The van der Waals surface area contributed by atoms with Crippen LogP contribution in [0.15, 0.2) is 12.2 Å². The molecule has 0 atom stereocenters. The highest BCUT2D eigenvalue weighted by Gasteiger charge is 1.95. The molecule has 0 saturated carbocycles. The Hall–Kier alpha value is -1.36. The summed E-state index contributed by atoms with van der Waals surface area (Å²) in [5.41, 5.74) is 5.32. The fraction of sp³-hybridized carbons (Fsp3) is 0.600. The van der Waals surface area contributed by atoms with E-state index < -0.39 is 5.97 Å². The summed E-state index contributed by atoms with van der Waals surface area (Å²) in [6.45, 7) is 1.28. The van der Waals surface area contributed by atoms with E-state index in [0.29, 0.717) is 13.1 Å². The van der Waals surface area contributed by atoms with Crippen LogP contribution >= 0.6 is 0 Å². The average Bonchev–Trinajstić information content (AvgIpc) is 2.20. The van der Waals surface area contributed by atoms with E-state index in [1.807, 2.05) is 0 Å². The summed E-state index contributed by atoms with van der Waals surface area (Å²) in [5.74, 6) is -1.48. The van der Waals surface area contributed by atoms with Crippen molar-refractivity contribution >= 4 is 11.9 Å². The molecule has 0 bridgehead atoms. The fourth-order valence-corrected chi connectivity index (χ4v) is 1.04. The predicted molar refractivity (Wildman–Crippen MR) is 57.3 cm³/mol. The molecule has 5 heteroatoms. The van der Waals surface area contributed by atoms with Crippen LogP contribution in [0.3, 0.4) is 0 Å². The minimum Gasteiger partial charge on any atom is -0.478 e. The van der Waals surface area contributed by atoms with E-state index in [4.69, 9.17) is 10.8 Å². The lowest BCUT2D eigenvalue weighted by molar-refractivity contribution is -0.131. The van der Waals surface area contributed by atoms with Gasteiger partial charge in [0.1, 0.15) is 0 Å². The van der Waals surface area contributed by atoms with E-state index in [1.54, 1.807) is 0 Å². The maximum Gasteiger partial charge on any atom is 0.328 e. The van der Waals surface area contributed by atoms with Crippen LogP contribution in [0.25, 0.3) is 0 Å². The largest absolute Gasteiger partial charge is 0.478 e. The van der Waals surface area contributed by atoms with Crippen molar-refractivity contribution < 1.29 is 14.7 Å². The van der Waals surface area contributed by atoms with Crippen molar-refractivity contribution in [1.29, 1.82) is 0 Å². The second-order valence-corrected chi connectivity index (χ2v) is 3.17. The molecule has 86 valence electrons. The molecule has 0 aromatic heterocycles. The van der Waals surface area contributed by atoms with Gasteiger partial charge < -0.3 is 16.2 Å². The summed E-state index contributed by atoms with van der Waals surface area (Å²) in [6, 6.07) is 0. The number of carboxylic acid groups (broad SMARTS) is 1. The molecule has 0 aliphatic rings. The lowest BCUT2D eigenvalue weighted by Gasteiger charge is -2.01. The number of carbonyl (C=O) groups excluding carboxylic acids is 1. The highest BCUT2D eigenvalue weighted by atomic mass is 16.4. The van der Waals surface area contributed by atoms with Crippen molar-refractivity contribution in [2.45, 2.75) is 25.7 Å². The first-order chi connectivity index (χ1) is 7.16. The second kappa shape index (κ2) is 9.21. The van der Waals surface area contributed by atoms with Gasteiger partial charge in [0.05, 0.1) is 0 Å². The van der Waals surface area contributed by atoms with Crippen molar-refractivity contribution in [2.75, 3.05) is 13.1 Å². The van der Waals surface area contributed by atoms with Gasteiger partial charge in [0, 0.05) is 18.7 Å². The van der Waals surface area contributed by atoms with Gasteiger partial charge in [0.25, 0.3) is 0 Å². The van der Waals surface area contributed by atoms with Crippen molar-refractivity contribution in [2.24, 2.45) is 5.73 Å². The number of amides is 1. The van der Waals surface area contributed by atoms with Crippen LogP contribution in [0.4, 0.5) is 0 Å². The van der Waals surface area contributed by atoms with Gasteiger partial charge in [0.15, 0.2) is 0 Å². The van der Waals surface area contributed by atoms with Gasteiger partial charge in [-0.1, -0.05) is 12.8 Å². The monoisotopic (exact) mass is 214 g/mol. The molecule has 1 amide bonds. The number of nitrogens with one attached hydrogen (secondary N) is 1. The number of carbonyl (C=O) groups is 2. The fourth-order valence-electron chi connectivity index (χ4n) is 1.04. The number of aliphatic carboxylic acids is 1. The van der Waals surface area contributed by atoms with Crippen molar-refractivity contribution in [1.82, 2.24) is 5.32 Å². The van der Waals surface area contributed by atoms with E-state index in [9.17, 15) is 9.59 Å². The quantitative estimate of drug-likeness (QED) is 0.399. The Kier molecular flexibility index (Phi) is 8.37. The molecular weight excluding hydrogens is 196 g/mol. The molecule has 0 saturated heterocycles. The predicted octanol–water partition coefficient (Wildman–Crippen LogP) is 0.263. The molecule has 0 radical (unpaired) electrons. The Bertz CT molecular complexity index is 227.